The lowest BCUT2D eigenvalue weighted by molar-refractivity contribution is -0.141. The predicted molar refractivity (Wildman–Crippen MR) is 115 cm³/mol. The van der Waals surface area contributed by atoms with E-state index in [0.717, 1.165) is 12.1 Å². The summed E-state index contributed by atoms with van der Waals surface area (Å²) in [6.45, 7) is 0.720. The number of rotatable bonds is 2. The molecular formula is C25H24F8N2O. The van der Waals surface area contributed by atoms with Crippen LogP contribution in [0.5, 0.6) is 0 Å². The van der Waals surface area contributed by atoms with Crippen molar-refractivity contribution in [1.82, 2.24) is 9.80 Å². The van der Waals surface area contributed by atoms with E-state index in [2.05, 4.69) is 0 Å². The van der Waals surface area contributed by atoms with Gasteiger partial charge in [0.25, 0.3) is 0 Å². The summed E-state index contributed by atoms with van der Waals surface area (Å²) in [6, 6.07) is 6.22. The summed E-state index contributed by atoms with van der Waals surface area (Å²) in [4.78, 5) is 16.0. The second kappa shape index (κ2) is 9.89. The van der Waals surface area contributed by atoms with Gasteiger partial charge in [-0.1, -0.05) is 24.3 Å². The zero-order valence-electron chi connectivity index (χ0n) is 19.1. The molecule has 2 saturated heterocycles. The Balaban J connectivity index is 1.38. The molecular weight excluding hydrogens is 496 g/mol. The number of urea groups is 1. The van der Waals surface area contributed by atoms with E-state index in [4.69, 9.17) is 0 Å². The van der Waals surface area contributed by atoms with Crippen LogP contribution in [0.25, 0.3) is 0 Å². The summed E-state index contributed by atoms with van der Waals surface area (Å²) in [5.41, 5.74) is -2.78. The Morgan fingerprint density at radius 2 is 0.972 bits per heavy atom. The monoisotopic (exact) mass is 520 g/mol. The van der Waals surface area contributed by atoms with Gasteiger partial charge in [0.2, 0.25) is 0 Å². The molecule has 0 aliphatic carbocycles. The number of benzene rings is 2. The van der Waals surface area contributed by atoms with Gasteiger partial charge >= 0.3 is 18.4 Å². The zero-order chi connectivity index (χ0) is 26.3. The normalized spacial score (nSPS) is 18.6. The standard InChI is InChI=1S/C25H24F8N2O/c26-19-5-1-3-17(21(19)24(28,29)30)15-7-11-34(12-8-15)23(36)35-13-9-16(10-14-35)18-4-2-6-20(27)22(18)25(31,32)33/h1-6,15-16H,7-14H2. The summed E-state index contributed by atoms with van der Waals surface area (Å²) < 4.78 is 108. The van der Waals surface area contributed by atoms with Gasteiger partial charge in [0.15, 0.2) is 0 Å². The molecule has 3 nitrogen and oxygen atoms in total. The molecule has 11 heteroatoms. The number of amides is 2. The summed E-state index contributed by atoms with van der Waals surface area (Å²) in [7, 11) is 0. The topological polar surface area (TPSA) is 23.6 Å². The van der Waals surface area contributed by atoms with Gasteiger partial charge in [0, 0.05) is 26.2 Å². The smallest absolute Gasteiger partial charge is 0.325 e. The number of hydrogen-bond donors (Lipinski definition) is 0. The van der Waals surface area contributed by atoms with Crippen LogP contribution in [0.2, 0.25) is 0 Å². The lowest BCUT2D eigenvalue weighted by atomic mass is 9.85. The Kier molecular flexibility index (Phi) is 7.21. The first kappa shape index (κ1) is 26.2. The number of nitrogens with zero attached hydrogens (tertiary/aromatic N) is 2. The number of alkyl halides is 6. The third-order valence-electron chi connectivity index (χ3n) is 7.07. The van der Waals surface area contributed by atoms with Gasteiger partial charge in [-0.3, -0.25) is 0 Å². The SMILES string of the molecule is O=C(N1CCC(c2cccc(F)c2C(F)(F)F)CC1)N1CCC(c2cccc(F)c2C(F)(F)F)CC1. The molecule has 0 N–H and O–H groups in total. The minimum atomic E-state index is -4.83. The van der Waals surface area contributed by atoms with E-state index in [9.17, 15) is 39.9 Å². The van der Waals surface area contributed by atoms with Crippen LogP contribution in [0, 0.1) is 11.6 Å². The van der Waals surface area contributed by atoms with Crippen molar-refractivity contribution in [3.05, 3.63) is 70.3 Å². The van der Waals surface area contributed by atoms with Crippen LogP contribution in [0.4, 0.5) is 39.9 Å². The highest BCUT2D eigenvalue weighted by Crippen LogP contribution is 2.42. The Morgan fingerprint density at radius 3 is 1.28 bits per heavy atom. The minimum Gasteiger partial charge on any atom is -0.325 e. The van der Waals surface area contributed by atoms with Crippen molar-refractivity contribution >= 4 is 6.03 Å². The Bertz CT molecular complexity index is 1010. The molecule has 0 unspecified atom stereocenters. The zero-order valence-corrected chi connectivity index (χ0v) is 19.1. The number of carbonyl (C=O) groups excluding carboxylic acids is 1. The molecule has 0 radical (unpaired) electrons. The van der Waals surface area contributed by atoms with Crippen molar-refractivity contribution in [3.63, 3.8) is 0 Å². The van der Waals surface area contributed by atoms with Crippen LogP contribution in [0.3, 0.4) is 0 Å². The molecule has 2 aliphatic heterocycles. The van der Waals surface area contributed by atoms with Crippen LogP contribution >= 0.6 is 0 Å². The van der Waals surface area contributed by atoms with Gasteiger partial charge < -0.3 is 9.80 Å². The van der Waals surface area contributed by atoms with Crippen molar-refractivity contribution in [2.75, 3.05) is 26.2 Å². The van der Waals surface area contributed by atoms with E-state index in [1.54, 1.807) is 0 Å². The highest BCUT2D eigenvalue weighted by Gasteiger charge is 2.41. The fourth-order valence-corrected chi connectivity index (χ4v) is 5.32. The molecule has 0 atom stereocenters. The maximum Gasteiger partial charge on any atom is 0.419 e. The van der Waals surface area contributed by atoms with Crippen LogP contribution < -0.4 is 0 Å². The summed E-state index contributed by atoms with van der Waals surface area (Å²) in [5.74, 6) is -3.76. The van der Waals surface area contributed by atoms with Gasteiger partial charge in [-0.2, -0.15) is 26.3 Å². The van der Waals surface area contributed by atoms with Crippen molar-refractivity contribution in [2.24, 2.45) is 0 Å². The average Bonchev–Trinajstić information content (AvgIpc) is 2.82. The Morgan fingerprint density at radius 1 is 0.639 bits per heavy atom. The predicted octanol–water partition coefficient (Wildman–Crippen LogP) is 7.18. The van der Waals surface area contributed by atoms with Crippen LogP contribution in [0.15, 0.2) is 36.4 Å². The average molecular weight is 520 g/mol. The Hall–Kier alpha value is -2.85. The molecule has 2 amide bonds. The first-order valence-corrected chi connectivity index (χ1v) is 11.6. The van der Waals surface area contributed by atoms with E-state index in [1.165, 1.54) is 34.1 Å². The van der Waals surface area contributed by atoms with Crippen LogP contribution in [0.1, 0.15) is 59.8 Å². The molecule has 2 fully saturated rings. The molecule has 2 aromatic rings. The molecule has 196 valence electrons. The number of carbonyl (C=O) groups is 1. The Labute approximate surface area is 202 Å². The fourth-order valence-electron chi connectivity index (χ4n) is 5.32. The van der Waals surface area contributed by atoms with Crippen molar-refractivity contribution < 1.29 is 39.9 Å². The maximum atomic E-state index is 13.9. The van der Waals surface area contributed by atoms with E-state index in [1.807, 2.05) is 0 Å². The number of halogens is 8. The van der Waals surface area contributed by atoms with Crippen molar-refractivity contribution in [1.29, 1.82) is 0 Å². The quantitative estimate of drug-likeness (QED) is 0.385. The first-order chi connectivity index (χ1) is 16.9. The van der Waals surface area contributed by atoms with Crippen LogP contribution in [-0.2, 0) is 12.4 Å². The van der Waals surface area contributed by atoms with Gasteiger partial charge in [0.1, 0.15) is 11.6 Å². The van der Waals surface area contributed by atoms with E-state index in [0.29, 0.717) is 0 Å². The van der Waals surface area contributed by atoms with E-state index in [-0.39, 0.29) is 69.0 Å². The van der Waals surface area contributed by atoms with Crippen molar-refractivity contribution in [3.8, 4) is 0 Å². The summed E-state index contributed by atoms with van der Waals surface area (Å²) >= 11 is 0. The molecule has 4 rings (SSSR count). The van der Waals surface area contributed by atoms with Gasteiger partial charge in [-0.25, -0.2) is 13.6 Å². The second-order valence-corrected chi connectivity index (χ2v) is 9.21. The fraction of sp³-hybridized carbons (Fsp3) is 0.480. The molecule has 2 aliphatic rings. The highest BCUT2D eigenvalue weighted by atomic mass is 19.4. The summed E-state index contributed by atoms with van der Waals surface area (Å²) in [6.07, 6.45) is -8.74. The van der Waals surface area contributed by atoms with Gasteiger partial charge in [0.05, 0.1) is 11.1 Å². The molecule has 0 bridgehead atoms. The molecule has 2 aromatic carbocycles. The van der Waals surface area contributed by atoms with Crippen molar-refractivity contribution in [2.45, 2.75) is 49.9 Å². The first-order valence-electron chi connectivity index (χ1n) is 11.6. The molecule has 0 aromatic heterocycles. The van der Waals surface area contributed by atoms with Gasteiger partial charge in [-0.05, 0) is 60.8 Å². The second-order valence-electron chi connectivity index (χ2n) is 9.21. The highest BCUT2D eigenvalue weighted by molar-refractivity contribution is 5.74. The third kappa shape index (κ3) is 5.29. The van der Waals surface area contributed by atoms with Gasteiger partial charge in [-0.15, -0.1) is 0 Å². The molecule has 36 heavy (non-hydrogen) atoms. The molecule has 2 heterocycles. The lowest BCUT2D eigenvalue weighted by Crippen LogP contribution is -2.49. The number of piperidine rings is 2. The van der Waals surface area contributed by atoms with E-state index < -0.39 is 46.9 Å². The largest absolute Gasteiger partial charge is 0.419 e. The minimum absolute atomic E-state index is 0.119. The van der Waals surface area contributed by atoms with E-state index >= 15 is 0 Å². The lowest BCUT2D eigenvalue weighted by Gasteiger charge is -2.39. The molecule has 0 spiro atoms. The van der Waals surface area contributed by atoms with Crippen LogP contribution in [-0.4, -0.2) is 42.0 Å². The third-order valence-corrected chi connectivity index (χ3v) is 7.07. The number of likely N-dealkylation sites (tertiary alicyclic amines) is 2. The number of hydrogen-bond acceptors (Lipinski definition) is 1. The maximum absolute atomic E-state index is 13.9. The molecule has 0 saturated carbocycles. The summed E-state index contributed by atoms with van der Waals surface area (Å²) in [5, 5.41) is 0.